The van der Waals surface area contributed by atoms with E-state index in [1.807, 2.05) is 24.3 Å². The van der Waals surface area contributed by atoms with Crippen molar-refractivity contribution < 1.29 is 9.84 Å². The molecule has 1 saturated carbocycles. The van der Waals surface area contributed by atoms with Crippen LogP contribution in [0.5, 0.6) is 5.75 Å². The zero-order valence-corrected chi connectivity index (χ0v) is 12.8. The van der Waals surface area contributed by atoms with E-state index in [1.165, 1.54) is 32.1 Å². The summed E-state index contributed by atoms with van der Waals surface area (Å²) in [5, 5.41) is 9.25. The van der Waals surface area contributed by atoms with Crippen molar-refractivity contribution in [3.05, 3.63) is 24.3 Å². The number of hydrogen-bond donors (Lipinski definition) is 2. The molecule has 1 aromatic rings. The fourth-order valence-corrected chi connectivity index (χ4v) is 3.11. The highest BCUT2D eigenvalue weighted by Gasteiger charge is 2.20. The van der Waals surface area contributed by atoms with E-state index in [4.69, 9.17) is 10.5 Å². The van der Waals surface area contributed by atoms with Gasteiger partial charge in [-0.05, 0) is 31.4 Å². The molecule has 0 spiro atoms. The summed E-state index contributed by atoms with van der Waals surface area (Å²) in [4.78, 5) is 2.43. The van der Waals surface area contributed by atoms with Crippen LogP contribution < -0.4 is 10.5 Å². The average Bonchev–Trinajstić information content (AvgIpc) is 2.51. The summed E-state index contributed by atoms with van der Waals surface area (Å²) in [5.41, 5.74) is 6.47. The van der Waals surface area contributed by atoms with Gasteiger partial charge < -0.3 is 15.6 Å². The van der Waals surface area contributed by atoms with Crippen LogP contribution in [0.4, 0.5) is 5.69 Å². The molecule has 0 heterocycles. The Balaban J connectivity index is 1.71. The van der Waals surface area contributed by atoms with E-state index in [9.17, 15) is 5.11 Å². The Kier molecular flexibility index (Phi) is 6.83. The molecule has 0 bridgehead atoms. The van der Waals surface area contributed by atoms with Crippen LogP contribution in [0.25, 0.3) is 0 Å². The largest absolute Gasteiger partial charge is 0.493 e. The normalized spacial score (nSPS) is 16.3. The van der Waals surface area contributed by atoms with Crippen molar-refractivity contribution >= 4 is 5.69 Å². The number of benzene rings is 1. The van der Waals surface area contributed by atoms with Crippen LogP contribution >= 0.6 is 0 Å². The molecule has 2 rings (SSSR count). The van der Waals surface area contributed by atoms with E-state index >= 15 is 0 Å². The minimum atomic E-state index is 0.243. The van der Waals surface area contributed by atoms with Gasteiger partial charge in [0.2, 0.25) is 0 Å². The predicted octanol–water partition coefficient (Wildman–Crippen LogP) is 2.66. The molecule has 0 unspecified atom stereocenters. The lowest BCUT2D eigenvalue weighted by Gasteiger charge is -2.33. The summed E-state index contributed by atoms with van der Waals surface area (Å²) < 4.78 is 5.73. The van der Waals surface area contributed by atoms with Crippen LogP contribution in [0, 0.1) is 0 Å². The highest BCUT2D eigenvalue weighted by Crippen LogP contribution is 2.22. The lowest BCUT2D eigenvalue weighted by Crippen LogP contribution is -2.39. The van der Waals surface area contributed by atoms with Crippen LogP contribution in [0.1, 0.15) is 38.5 Å². The standard InChI is InChI=1S/C17H28N2O2/c18-15-6-4-9-17(14-15)21-13-5-10-19(11-12-20)16-7-2-1-3-8-16/h4,6,9,14,16,20H,1-3,5,7-8,10-13,18H2. The maximum absolute atomic E-state index is 9.25. The van der Waals surface area contributed by atoms with Crippen molar-refractivity contribution in [3.63, 3.8) is 0 Å². The third-order valence-corrected chi connectivity index (χ3v) is 4.19. The Bertz CT molecular complexity index is 406. The molecule has 0 amide bonds. The predicted molar refractivity (Wildman–Crippen MR) is 86.5 cm³/mol. The van der Waals surface area contributed by atoms with Crippen LogP contribution in [0.3, 0.4) is 0 Å². The van der Waals surface area contributed by atoms with Gasteiger partial charge in [0.15, 0.2) is 0 Å². The van der Waals surface area contributed by atoms with Crippen molar-refractivity contribution in [3.8, 4) is 5.75 Å². The van der Waals surface area contributed by atoms with Gasteiger partial charge in [0.1, 0.15) is 5.75 Å². The van der Waals surface area contributed by atoms with Gasteiger partial charge in [-0.3, -0.25) is 4.90 Å². The Hall–Kier alpha value is -1.26. The summed E-state index contributed by atoms with van der Waals surface area (Å²) in [6, 6.07) is 8.21. The number of hydrogen-bond acceptors (Lipinski definition) is 4. The monoisotopic (exact) mass is 292 g/mol. The van der Waals surface area contributed by atoms with E-state index in [-0.39, 0.29) is 6.61 Å². The maximum atomic E-state index is 9.25. The number of ether oxygens (including phenoxy) is 1. The molecule has 0 radical (unpaired) electrons. The van der Waals surface area contributed by atoms with Gasteiger partial charge in [0.25, 0.3) is 0 Å². The van der Waals surface area contributed by atoms with Crippen molar-refractivity contribution in [2.45, 2.75) is 44.6 Å². The first-order valence-corrected chi connectivity index (χ1v) is 8.13. The highest BCUT2D eigenvalue weighted by atomic mass is 16.5. The molecule has 0 saturated heterocycles. The number of aliphatic hydroxyl groups is 1. The lowest BCUT2D eigenvalue weighted by molar-refractivity contribution is 0.116. The number of aliphatic hydroxyl groups excluding tert-OH is 1. The number of nitrogens with two attached hydrogens (primary N) is 1. The third kappa shape index (κ3) is 5.56. The molecule has 21 heavy (non-hydrogen) atoms. The zero-order valence-electron chi connectivity index (χ0n) is 12.8. The summed E-state index contributed by atoms with van der Waals surface area (Å²) in [6.07, 6.45) is 7.54. The molecule has 0 aromatic heterocycles. The number of nitrogen functional groups attached to an aromatic ring is 1. The average molecular weight is 292 g/mol. The molecular weight excluding hydrogens is 264 g/mol. The fourth-order valence-electron chi connectivity index (χ4n) is 3.11. The Morgan fingerprint density at radius 1 is 1.19 bits per heavy atom. The first kappa shape index (κ1) is 16.1. The molecule has 118 valence electrons. The van der Waals surface area contributed by atoms with Crippen molar-refractivity contribution in [2.75, 3.05) is 32.0 Å². The summed E-state index contributed by atoms with van der Waals surface area (Å²) in [6.45, 7) is 2.71. The van der Waals surface area contributed by atoms with Gasteiger partial charge in [-0.2, -0.15) is 0 Å². The van der Waals surface area contributed by atoms with Crippen molar-refractivity contribution in [2.24, 2.45) is 0 Å². The van der Waals surface area contributed by atoms with Crippen LogP contribution in [-0.4, -0.2) is 42.4 Å². The van der Waals surface area contributed by atoms with E-state index in [1.54, 1.807) is 0 Å². The van der Waals surface area contributed by atoms with E-state index < -0.39 is 0 Å². The molecule has 1 aliphatic carbocycles. The first-order chi connectivity index (χ1) is 10.3. The maximum Gasteiger partial charge on any atom is 0.121 e. The number of rotatable bonds is 8. The second-order valence-electron chi connectivity index (χ2n) is 5.83. The smallest absolute Gasteiger partial charge is 0.121 e. The summed E-state index contributed by atoms with van der Waals surface area (Å²) in [7, 11) is 0. The number of anilines is 1. The molecule has 0 aliphatic heterocycles. The van der Waals surface area contributed by atoms with Gasteiger partial charge >= 0.3 is 0 Å². The molecule has 1 aliphatic rings. The fraction of sp³-hybridized carbons (Fsp3) is 0.647. The molecule has 4 heteroatoms. The SMILES string of the molecule is Nc1cccc(OCCCN(CCO)C2CCCCC2)c1. The van der Waals surface area contributed by atoms with E-state index in [0.717, 1.165) is 30.9 Å². The second kappa shape index (κ2) is 8.90. The van der Waals surface area contributed by atoms with Gasteiger partial charge in [-0.1, -0.05) is 25.3 Å². The highest BCUT2D eigenvalue weighted by molar-refractivity contribution is 5.43. The van der Waals surface area contributed by atoms with Crippen molar-refractivity contribution in [1.82, 2.24) is 4.90 Å². The van der Waals surface area contributed by atoms with Gasteiger partial charge in [0, 0.05) is 30.9 Å². The van der Waals surface area contributed by atoms with Crippen LogP contribution in [0.2, 0.25) is 0 Å². The van der Waals surface area contributed by atoms with Crippen molar-refractivity contribution in [1.29, 1.82) is 0 Å². The quantitative estimate of drug-likeness (QED) is 0.571. The Morgan fingerprint density at radius 2 is 2.00 bits per heavy atom. The van der Waals surface area contributed by atoms with Gasteiger partial charge in [-0.25, -0.2) is 0 Å². The van der Waals surface area contributed by atoms with Crippen LogP contribution in [-0.2, 0) is 0 Å². The van der Waals surface area contributed by atoms with E-state index in [0.29, 0.717) is 12.6 Å². The number of nitrogens with zero attached hydrogens (tertiary/aromatic N) is 1. The van der Waals surface area contributed by atoms with Gasteiger partial charge in [0.05, 0.1) is 13.2 Å². The topological polar surface area (TPSA) is 58.7 Å². The first-order valence-electron chi connectivity index (χ1n) is 8.13. The molecule has 0 atom stereocenters. The minimum absolute atomic E-state index is 0.243. The Morgan fingerprint density at radius 3 is 2.71 bits per heavy atom. The summed E-state index contributed by atoms with van der Waals surface area (Å²) in [5.74, 6) is 0.835. The van der Waals surface area contributed by atoms with Gasteiger partial charge in [-0.15, -0.1) is 0 Å². The lowest BCUT2D eigenvalue weighted by atomic mass is 9.94. The second-order valence-corrected chi connectivity index (χ2v) is 5.83. The van der Waals surface area contributed by atoms with Crippen LogP contribution in [0.15, 0.2) is 24.3 Å². The third-order valence-electron chi connectivity index (χ3n) is 4.19. The Labute approximate surface area is 127 Å². The molecule has 3 N–H and O–H groups in total. The molecular formula is C17H28N2O2. The van der Waals surface area contributed by atoms with E-state index in [2.05, 4.69) is 4.90 Å². The zero-order chi connectivity index (χ0) is 14.9. The summed E-state index contributed by atoms with van der Waals surface area (Å²) >= 11 is 0. The molecule has 1 fully saturated rings. The minimum Gasteiger partial charge on any atom is -0.493 e. The molecule has 4 nitrogen and oxygen atoms in total. The molecule has 1 aromatic carbocycles.